The van der Waals surface area contributed by atoms with E-state index in [4.69, 9.17) is 0 Å². The molecule has 1 N–H and O–H groups in total. The summed E-state index contributed by atoms with van der Waals surface area (Å²) < 4.78 is 37.3. The highest BCUT2D eigenvalue weighted by Crippen LogP contribution is 2.26. The molecule has 0 saturated carbocycles. The highest BCUT2D eigenvalue weighted by molar-refractivity contribution is 5.00. The summed E-state index contributed by atoms with van der Waals surface area (Å²) in [5.41, 5.74) is 0.416. The van der Waals surface area contributed by atoms with Gasteiger partial charge in [0.15, 0.2) is 0 Å². The lowest BCUT2D eigenvalue weighted by Gasteiger charge is -2.19. The van der Waals surface area contributed by atoms with Crippen molar-refractivity contribution in [3.8, 4) is 0 Å². The number of halogens is 3. The van der Waals surface area contributed by atoms with Crippen molar-refractivity contribution < 1.29 is 13.2 Å². The highest BCUT2D eigenvalue weighted by Gasteiger charge is 2.32. The van der Waals surface area contributed by atoms with Crippen LogP contribution in [0.5, 0.6) is 0 Å². The number of aromatic nitrogens is 3. The van der Waals surface area contributed by atoms with E-state index in [0.29, 0.717) is 17.7 Å². The van der Waals surface area contributed by atoms with Gasteiger partial charge in [0.2, 0.25) is 0 Å². The van der Waals surface area contributed by atoms with E-state index < -0.39 is 6.30 Å². The molecule has 2 rings (SSSR count). The summed E-state index contributed by atoms with van der Waals surface area (Å²) in [6.45, 7) is 5.25. The van der Waals surface area contributed by atoms with E-state index in [9.17, 15) is 13.2 Å². The largest absolute Gasteiger partial charge is 0.505 e. The standard InChI is InChI=1S/C14H23F3N4/c1-10(12-7-4-8-18-12)5-3-6-11(2)13-9-21(20-19-13)14(15,16)17/h9-12,18H,3-8H2,1-2H3. The number of hydrogen-bond acceptors (Lipinski definition) is 3. The van der Waals surface area contributed by atoms with E-state index in [1.165, 1.54) is 12.8 Å². The first-order valence-corrected chi connectivity index (χ1v) is 7.60. The second-order valence-corrected chi connectivity index (χ2v) is 6.07. The number of nitrogens with zero attached hydrogens (tertiary/aromatic N) is 3. The lowest BCUT2D eigenvalue weighted by Crippen LogP contribution is -2.28. The van der Waals surface area contributed by atoms with Crippen molar-refractivity contribution in [3.63, 3.8) is 0 Å². The third-order valence-corrected chi connectivity index (χ3v) is 4.36. The monoisotopic (exact) mass is 304 g/mol. The zero-order chi connectivity index (χ0) is 15.5. The lowest BCUT2D eigenvalue weighted by molar-refractivity contribution is -0.213. The third kappa shape index (κ3) is 4.43. The summed E-state index contributed by atoms with van der Waals surface area (Å²) in [5.74, 6) is 0.621. The summed E-state index contributed by atoms with van der Waals surface area (Å²) in [7, 11) is 0. The van der Waals surface area contributed by atoms with Crippen molar-refractivity contribution in [1.29, 1.82) is 0 Å². The molecule has 0 aromatic carbocycles. The Balaban J connectivity index is 1.76. The van der Waals surface area contributed by atoms with Crippen LogP contribution < -0.4 is 5.32 Å². The fraction of sp³-hybridized carbons (Fsp3) is 0.857. The van der Waals surface area contributed by atoms with Gasteiger partial charge in [0.05, 0.1) is 11.9 Å². The SMILES string of the molecule is CC(CCCC(C)C1CCCN1)c1cn(C(F)(F)F)nn1. The lowest BCUT2D eigenvalue weighted by atomic mass is 9.92. The van der Waals surface area contributed by atoms with Gasteiger partial charge in [-0.2, -0.15) is 4.68 Å². The highest BCUT2D eigenvalue weighted by atomic mass is 19.4. The quantitative estimate of drug-likeness (QED) is 0.875. The zero-order valence-corrected chi connectivity index (χ0v) is 12.5. The number of nitrogens with one attached hydrogen (secondary N) is 1. The Labute approximate surface area is 123 Å². The van der Waals surface area contributed by atoms with E-state index in [1.54, 1.807) is 0 Å². The summed E-state index contributed by atoms with van der Waals surface area (Å²) >= 11 is 0. The topological polar surface area (TPSA) is 42.7 Å². The van der Waals surface area contributed by atoms with Crippen molar-refractivity contribution in [2.24, 2.45) is 5.92 Å². The average Bonchev–Trinajstić information content (AvgIpc) is 3.09. The molecule has 120 valence electrons. The minimum absolute atomic E-state index is 0.00448. The van der Waals surface area contributed by atoms with Gasteiger partial charge < -0.3 is 5.32 Å². The molecule has 1 aromatic heterocycles. The van der Waals surface area contributed by atoms with Crippen molar-refractivity contribution in [1.82, 2.24) is 20.3 Å². The maximum Gasteiger partial charge on any atom is 0.505 e. The Morgan fingerprint density at radius 1 is 1.38 bits per heavy atom. The van der Waals surface area contributed by atoms with Gasteiger partial charge in [0, 0.05) is 12.0 Å². The van der Waals surface area contributed by atoms with Gasteiger partial charge in [-0.3, -0.25) is 0 Å². The predicted octanol–water partition coefficient (Wildman–Crippen LogP) is 3.42. The summed E-state index contributed by atoms with van der Waals surface area (Å²) in [5, 5.41) is 10.3. The fourth-order valence-corrected chi connectivity index (χ4v) is 2.92. The van der Waals surface area contributed by atoms with Crippen LogP contribution in [0.25, 0.3) is 0 Å². The van der Waals surface area contributed by atoms with Gasteiger partial charge in [-0.05, 0) is 38.1 Å². The van der Waals surface area contributed by atoms with E-state index in [1.807, 2.05) is 6.92 Å². The van der Waals surface area contributed by atoms with Crippen LogP contribution in [0.15, 0.2) is 6.20 Å². The molecular formula is C14H23F3N4. The van der Waals surface area contributed by atoms with Gasteiger partial charge in [0.1, 0.15) is 0 Å². The van der Waals surface area contributed by atoms with E-state index in [0.717, 1.165) is 32.0 Å². The maximum absolute atomic E-state index is 12.4. The van der Waals surface area contributed by atoms with Gasteiger partial charge in [-0.25, -0.2) is 0 Å². The molecule has 7 heteroatoms. The van der Waals surface area contributed by atoms with Crippen molar-refractivity contribution in [2.45, 2.75) is 64.2 Å². The summed E-state index contributed by atoms with van der Waals surface area (Å²) in [4.78, 5) is 0. The van der Waals surface area contributed by atoms with Crippen molar-refractivity contribution >= 4 is 0 Å². The van der Waals surface area contributed by atoms with Gasteiger partial charge >= 0.3 is 6.30 Å². The molecule has 1 saturated heterocycles. The van der Waals surface area contributed by atoms with Gasteiger partial charge in [-0.15, -0.1) is 18.3 Å². The first kappa shape index (κ1) is 16.3. The Hall–Kier alpha value is -1.11. The molecule has 1 aliphatic heterocycles. The molecule has 21 heavy (non-hydrogen) atoms. The van der Waals surface area contributed by atoms with Crippen LogP contribution in [0.2, 0.25) is 0 Å². The number of hydrogen-bond donors (Lipinski definition) is 1. The zero-order valence-electron chi connectivity index (χ0n) is 12.5. The van der Waals surface area contributed by atoms with Crippen LogP contribution in [-0.2, 0) is 6.30 Å². The van der Waals surface area contributed by atoms with Crippen LogP contribution >= 0.6 is 0 Å². The molecule has 2 heterocycles. The Morgan fingerprint density at radius 2 is 2.14 bits per heavy atom. The van der Waals surface area contributed by atoms with Crippen LogP contribution in [0.1, 0.15) is 57.6 Å². The summed E-state index contributed by atoms with van der Waals surface area (Å²) in [6, 6.07) is 0.603. The first-order chi connectivity index (χ1) is 9.88. The van der Waals surface area contributed by atoms with Gasteiger partial charge in [-0.1, -0.05) is 25.5 Å². The van der Waals surface area contributed by atoms with E-state index >= 15 is 0 Å². The van der Waals surface area contributed by atoms with Crippen molar-refractivity contribution in [3.05, 3.63) is 11.9 Å². The molecule has 0 radical (unpaired) electrons. The molecular weight excluding hydrogens is 281 g/mol. The predicted molar refractivity (Wildman–Crippen MR) is 73.8 cm³/mol. The van der Waals surface area contributed by atoms with Crippen LogP contribution in [0.4, 0.5) is 13.2 Å². The summed E-state index contributed by atoms with van der Waals surface area (Å²) in [6.07, 6.45) is 1.92. The number of alkyl halides is 3. The average molecular weight is 304 g/mol. The second-order valence-electron chi connectivity index (χ2n) is 6.07. The van der Waals surface area contributed by atoms with Crippen LogP contribution in [-0.4, -0.2) is 27.6 Å². The number of rotatable bonds is 6. The fourth-order valence-electron chi connectivity index (χ4n) is 2.92. The Kier molecular flexibility index (Phi) is 5.24. The smallest absolute Gasteiger partial charge is 0.314 e. The second kappa shape index (κ2) is 6.77. The molecule has 4 nitrogen and oxygen atoms in total. The normalized spacial score (nSPS) is 22.4. The minimum Gasteiger partial charge on any atom is -0.314 e. The first-order valence-electron chi connectivity index (χ1n) is 7.60. The van der Waals surface area contributed by atoms with E-state index in [-0.39, 0.29) is 10.6 Å². The molecule has 1 fully saturated rings. The molecule has 1 aliphatic rings. The minimum atomic E-state index is -4.48. The Morgan fingerprint density at radius 3 is 2.71 bits per heavy atom. The molecule has 0 amide bonds. The Bertz CT molecular complexity index is 438. The molecule has 0 aliphatic carbocycles. The van der Waals surface area contributed by atoms with Crippen LogP contribution in [0, 0.1) is 5.92 Å². The van der Waals surface area contributed by atoms with Gasteiger partial charge in [0.25, 0.3) is 0 Å². The van der Waals surface area contributed by atoms with Crippen molar-refractivity contribution in [2.75, 3.05) is 6.54 Å². The molecule has 3 unspecified atom stereocenters. The molecule has 1 aromatic rings. The molecule has 0 bridgehead atoms. The third-order valence-electron chi connectivity index (χ3n) is 4.36. The molecule has 3 atom stereocenters. The van der Waals surface area contributed by atoms with E-state index in [2.05, 4.69) is 22.6 Å². The molecule has 0 spiro atoms. The van der Waals surface area contributed by atoms with Crippen LogP contribution in [0.3, 0.4) is 0 Å². The maximum atomic E-state index is 12.4.